The lowest BCUT2D eigenvalue weighted by molar-refractivity contribution is -0.117. The molecular formula is C20H21N3OS. The third kappa shape index (κ3) is 2.76. The fourth-order valence-corrected chi connectivity index (χ4v) is 5.50. The Hall–Kier alpha value is -2.14. The number of anilines is 1. The quantitative estimate of drug-likeness (QED) is 0.690. The van der Waals surface area contributed by atoms with E-state index in [1.807, 2.05) is 23.7 Å². The number of hydrogen-bond donors (Lipinski definition) is 2. The van der Waals surface area contributed by atoms with Gasteiger partial charge in [-0.2, -0.15) is 0 Å². The lowest BCUT2D eigenvalue weighted by atomic mass is 9.86. The largest absolute Gasteiger partial charge is 0.360 e. The second-order valence-corrected chi connectivity index (χ2v) is 8.33. The van der Waals surface area contributed by atoms with E-state index in [0.29, 0.717) is 17.5 Å². The fraction of sp³-hybridized carbons (Fsp3) is 0.400. The van der Waals surface area contributed by atoms with Crippen LogP contribution in [0.3, 0.4) is 0 Å². The van der Waals surface area contributed by atoms with E-state index in [1.165, 1.54) is 37.0 Å². The SMILES string of the molecule is O=C(C[C@H]1C[C@H]2CC[C@H]1C2)Nc1nc(-c2c[nH]c3ccccc23)cs1. The molecule has 3 atom stereocenters. The molecule has 128 valence electrons. The highest BCUT2D eigenvalue weighted by Crippen LogP contribution is 2.49. The van der Waals surface area contributed by atoms with Crippen molar-refractivity contribution < 1.29 is 4.79 Å². The number of para-hydroxylation sites is 1. The van der Waals surface area contributed by atoms with E-state index >= 15 is 0 Å². The maximum atomic E-state index is 12.4. The van der Waals surface area contributed by atoms with E-state index < -0.39 is 0 Å². The van der Waals surface area contributed by atoms with Crippen LogP contribution in [-0.2, 0) is 4.79 Å². The first-order chi connectivity index (χ1) is 12.3. The van der Waals surface area contributed by atoms with Gasteiger partial charge in [-0.1, -0.05) is 24.6 Å². The average Bonchev–Trinajstić information content (AvgIpc) is 3.38. The van der Waals surface area contributed by atoms with Gasteiger partial charge in [-0.3, -0.25) is 4.79 Å². The van der Waals surface area contributed by atoms with Gasteiger partial charge in [0.1, 0.15) is 0 Å². The molecule has 0 radical (unpaired) electrons. The summed E-state index contributed by atoms with van der Waals surface area (Å²) in [4.78, 5) is 20.3. The van der Waals surface area contributed by atoms with Crippen molar-refractivity contribution in [2.45, 2.75) is 32.1 Å². The molecule has 5 rings (SSSR count). The van der Waals surface area contributed by atoms with Gasteiger partial charge >= 0.3 is 0 Å². The number of carbonyl (C=O) groups is 1. The number of rotatable bonds is 4. The molecule has 2 aliphatic rings. The van der Waals surface area contributed by atoms with E-state index in [1.54, 1.807) is 0 Å². The normalized spacial score (nSPS) is 24.9. The Morgan fingerprint density at radius 1 is 1.28 bits per heavy atom. The maximum Gasteiger partial charge on any atom is 0.226 e. The smallest absolute Gasteiger partial charge is 0.226 e. The molecular weight excluding hydrogens is 330 g/mol. The molecule has 0 spiro atoms. The Morgan fingerprint density at radius 2 is 2.20 bits per heavy atom. The molecule has 5 heteroatoms. The molecule has 2 N–H and O–H groups in total. The summed E-state index contributed by atoms with van der Waals surface area (Å²) in [6, 6.07) is 8.20. The molecule has 1 amide bonds. The van der Waals surface area contributed by atoms with Crippen molar-refractivity contribution in [1.29, 1.82) is 0 Å². The van der Waals surface area contributed by atoms with Crippen molar-refractivity contribution in [2.24, 2.45) is 17.8 Å². The first-order valence-corrected chi connectivity index (χ1v) is 9.96. The summed E-state index contributed by atoms with van der Waals surface area (Å²) in [6.45, 7) is 0. The van der Waals surface area contributed by atoms with Gasteiger partial charge in [-0.05, 0) is 43.1 Å². The number of aromatic nitrogens is 2. The number of amides is 1. The lowest BCUT2D eigenvalue weighted by Crippen LogP contribution is -2.20. The zero-order valence-electron chi connectivity index (χ0n) is 14.0. The van der Waals surface area contributed by atoms with Gasteiger partial charge in [0.2, 0.25) is 5.91 Å². The number of fused-ring (bicyclic) bond motifs is 3. The number of thiazole rings is 1. The summed E-state index contributed by atoms with van der Waals surface area (Å²) in [5.74, 6) is 2.38. The van der Waals surface area contributed by atoms with Gasteiger partial charge in [0.15, 0.2) is 5.13 Å². The number of carbonyl (C=O) groups excluding carboxylic acids is 1. The summed E-state index contributed by atoms with van der Waals surface area (Å²) in [6.07, 6.45) is 7.94. The van der Waals surface area contributed by atoms with Crippen LogP contribution in [0, 0.1) is 17.8 Å². The second-order valence-electron chi connectivity index (χ2n) is 7.47. The number of aromatic amines is 1. The highest BCUT2D eigenvalue weighted by Gasteiger charge is 2.40. The van der Waals surface area contributed by atoms with Crippen molar-refractivity contribution in [3.8, 4) is 11.3 Å². The van der Waals surface area contributed by atoms with E-state index in [9.17, 15) is 4.79 Å². The van der Waals surface area contributed by atoms with Crippen LogP contribution in [0.5, 0.6) is 0 Å². The highest BCUT2D eigenvalue weighted by atomic mass is 32.1. The topological polar surface area (TPSA) is 57.8 Å². The van der Waals surface area contributed by atoms with Crippen molar-refractivity contribution in [3.05, 3.63) is 35.8 Å². The number of nitrogens with one attached hydrogen (secondary N) is 2. The van der Waals surface area contributed by atoms with Crippen LogP contribution in [0.25, 0.3) is 22.2 Å². The Morgan fingerprint density at radius 3 is 3.04 bits per heavy atom. The molecule has 4 nitrogen and oxygen atoms in total. The van der Waals surface area contributed by atoms with E-state index in [4.69, 9.17) is 0 Å². The van der Waals surface area contributed by atoms with Gasteiger partial charge in [0.05, 0.1) is 5.69 Å². The van der Waals surface area contributed by atoms with Crippen molar-refractivity contribution in [1.82, 2.24) is 9.97 Å². The molecule has 3 aromatic rings. The Bertz CT molecular complexity index is 928. The van der Waals surface area contributed by atoms with E-state index in [2.05, 4.69) is 27.4 Å². The van der Waals surface area contributed by atoms with E-state index in [-0.39, 0.29) is 5.91 Å². The molecule has 2 aliphatic carbocycles. The molecule has 25 heavy (non-hydrogen) atoms. The predicted molar refractivity (Wildman–Crippen MR) is 102 cm³/mol. The van der Waals surface area contributed by atoms with Gasteiger partial charge in [-0.25, -0.2) is 4.98 Å². The molecule has 2 saturated carbocycles. The molecule has 2 aromatic heterocycles. The van der Waals surface area contributed by atoms with Crippen LogP contribution in [0.1, 0.15) is 32.1 Å². The van der Waals surface area contributed by atoms with Gasteiger partial charge < -0.3 is 10.3 Å². The Labute approximate surface area is 150 Å². The van der Waals surface area contributed by atoms with Crippen LogP contribution >= 0.6 is 11.3 Å². The molecule has 1 aromatic carbocycles. The minimum atomic E-state index is 0.123. The zero-order chi connectivity index (χ0) is 16.8. The van der Waals surface area contributed by atoms with Crippen LogP contribution in [0.15, 0.2) is 35.8 Å². The Kier molecular flexibility index (Phi) is 3.63. The summed E-state index contributed by atoms with van der Waals surface area (Å²) in [7, 11) is 0. The van der Waals surface area contributed by atoms with Gasteiger partial charge in [0, 0.05) is 34.5 Å². The van der Waals surface area contributed by atoms with Gasteiger partial charge in [-0.15, -0.1) is 11.3 Å². The molecule has 2 bridgehead atoms. The standard InChI is InChI=1S/C20H21N3OS/c24-19(9-14-8-12-5-6-13(14)7-12)23-20-22-18(11-25-20)16-10-21-17-4-2-1-3-15(16)17/h1-4,10-14,21H,5-9H2,(H,22,23,24)/t12-,13-,14+/m0/s1. The van der Waals surface area contributed by atoms with E-state index in [0.717, 1.165) is 34.0 Å². The number of H-pyrrole nitrogens is 1. The zero-order valence-corrected chi connectivity index (χ0v) is 14.8. The third-order valence-corrected chi connectivity index (χ3v) is 6.71. The number of nitrogens with zero attached hydrogens (tertiary/aromatic N) is 1. The van der Waals surface area contributed by atoms with Crippen LogP contribution < -0.4 is 5.32 Å². The summed E-state index contributed by atoms with van der Waals surface area (Å²) >= 11 is 1.50. The second kappa shape index (κ2) is 5.99. The Balaban J connectivity index is 1.29. The molecule has 0 aliphatic heterocycles. The predicted octanol–water partition coefficient (Wildman–Crippen LogP) is 5.06. The molecule has 2 fully saturated rings. The first-order valence-electron chi connectivity index (χ1n) is 9.08. The van der Waals surface area contributed by atoms with Crippen molar-refractivity contribution in [3.63, 3.8) is 0 Å². The van der Waals surface area contributed by atoms with Gasteiger partial charge in [0.25, 0.3) is 0 Å². The van der Waals surface area contributed by atoms with Crippen LogP contribution in [-0.4, -0.2) is 15.9 Å². The fourth-order valence-electron chi connectivity index (χ4n) is 4.77. The summed E-state index contributed by atoms with van der Waals surface area (Å²) in [5.41, 5.74) is 3.10. The molecule has 2 heterocycles. The minimum Gasteiger partial charge on any atom is -0.360 e. The highest BCUT2D eigenvalue weighted by molar-refractivity contribution is 7.14. The van der Waals surface area contributed by atoms with Crippen LogP contribution in [0.4, 0.5) is 5.13 Å². The third-order valence-electron chi connectivity index (χ3n) is 5.95. The van der Waals surface area contributed by atoms with Crippen molar-refractivity contribution in [2.75, 3.05) is 5.32 Å². The summed E-state index contributed by atoms with van der Waals surface area (Å²) in [5, 5.41) is 6.90. The number of hydrogen-bond acceptors (Lipinski definition) is 3. The minimum absolute atomic E-state index is 0.123. The molecule has 0 unspecified atom stereocenters. The average molecular weight is 351 g/mol. The monoisotopic (exact) mass is 351 g/mol. The van der Waals surface area contributed by atoms with Crippen LogP contribution in [0.2, 0.25) is 0 Å². The number of benzene rings is 1. The first kappa shape index (κ1) is 15.1. The van der Waals surface area contributed by atoms with Crippen molar-refractivity contribution >= 4 is 33.3 Å². The lowest BCUT2D eigenvalue weighted by Gasteiger charge is -2.20. The molecule has 0 saturated heterocycles. The summed E-state index contributed by atoms with van der Waals surface area (Å²) < 4.78 is 0. The maximum absolute atomic E-state index is 12.4.